The normalized spacial score (nSPS) is 14.3. The van der Waals surface area contributed by atoms with Crippen molar-refractivity contribution in [1.82, 2.24) is 9.47 Å². The van der Waals surface area contributed by atoms with E-state index in [-0.39, 0.29) is 5.91 Å². The molecule has 1 aromatic carbocycles. The molecule has 0 unspecified atom stereocenters. The number of amides is 1. The van der Waals surface area contributed by atoms with Crippen molar-refractivity contribution in [3.8, 4) is 0 Å². The third-order valence-corrected chi connectivity index (χ3v) is 4.20. The Morgan fingerprint density at radius 2 is 2.15 bits per heavy atom. The lowest BCUT2D eigenvalue weighted by atomic mass is 10.2. The average molecular weight is 333 g/mol. The van der Waals surface area contributed by atoms with Crippen molar-refractivity contribution in [3.63, 3.8) is 0 Å². The molecule has 0 spiro atoms. The monoisotopic (exact) mass is 332 g/mol. The van der Waals surface area contributed by atoms with Crippen LogP contribution in [0, 0.1) is 0 Å². The molecule has 1 aliphatic rings. The van der Waals surface area contributed by atoms with Gasteiger partial charge in [-0.05, 0) is 43.2 Å². The number of benzene rings is 1. The first-order chi connectivity index (χ1) is 9.65. The van der Waals surface area contributed by atoms with Crippen LogP contribution in [0.2, 0.25) is 0 Å². The van der Waals surface area contributed by atoms with Crippen LogP contribution in [0.25, 0.3) is 0 Å². The van der Waals surface area contributed by atoms with Crippen LogP contribution in [0.15, 0.2) is 47.1 Å². The minimum Gasteiger partial charge on any atom is -0.353 e. The van der Waals surface area contributed by atoms with Crippen LogP contribution in [0.3, 0.4) is 0 Å². The Labute approximate surface area is 127 Å². The Kier molecular flexibility index (Phi) is 3.66. The first kappa shape index (κ1) is 13.4. The maximum Gasteiger partial charge on any atom is 0.254 e. The van der Waals surface area contributed by atoms with E-state index in [1.807, 2.05) is 48.5 Å². The van der Waals surface area contributed by atoms with E-state index in [1.165, 1.54) is 5.69 Å². The highest BCUT2D eigenvalue weighted by Crippen LogP contribution is 2.30. The summed E-state index contributed by atoms with van der Waals surface area (Å²) in [6.45, 7) is 0.680. The van der Waals surface area contributed by atoms with Gasteiger partial charge in [-0.3, -0.25) is 4.79 Å². The molecule has 0 saturated heterocycles. The molecule has 20 heavy (non-hydrogen) atoms. The highest BCUT2D eigenvalue weighted by Gasteiger charge is 2.33. The summed E-state index contributed by atoms with van der Waals surface area (Å²) in [4.78, 5) is 14.7. The minimum absolute atomic E-state index is 0.120. The fraction of sp³-hybridized carbons (Fsp3) is 0.312. The number of aromatic nitrogens is 1. The van der Waals surface area contributed by atoms with Gasteiger partial charge in [-0.15, -0.1) is 0 Å². The standard InChI is InChI=1S/C16H17BrN2O/c1-18-9-3-6-15(18)11-19(14-7-8-14)16(20)12-4-2-5-13(17)10-12/h2-6,9-10,14H,7-8,11H2,1H3. The van der Waals surface area contributed by atoms with Gasteiger partial charge in [-0.2, -0.15) is 0 Å². The summed E-state index contributed by atoms with van der Waals surface area (Å²) in [5.74, 6) is 0.120. The summed E-state index contributed by atoms with van der Waals surface area (Å²) in [6, 6.07) is 12.1. The molecule has 1 heterocycles. The van der Waals surface area contributed by atoms with Gasteiger partial charge < -0.3 is 9.47 Å². The number of hydrogen-bond acceptors (Lipinski definition) is 1. The summed E-state index contributed by atoms with van der Waals surface area (Å²) in [6.07, 6.45) is 4.25. The zero-order valence-corrected chi connectivity index (χ0v) is 13.0. The molecular formula is C16H17BrN2O. The van der Waals surface area contributed by atoms with E-state index in [0.29, 0.717) is 12.6 Å². The first-order valence-corrected chi connectivity index (χ1v) is 7.61. The molecule has 1 amide bonds. The van der Waals surface area contributed by atoms with Crippen LogP contribution in [0.1, 0.15) is 28.9 Å². The number of carbonyl (C=O) groups excluding carboxylic acids is 1. The van der Waals surface area contributed by atoms with Crippen LogP contribution in [0.5, 0.6) is 0 Å². The largest absolute Gasteiger partial charge is 0.353 e. The third-order valence-electron chi connectivity index (χ3n) is 3.70. The highest BCUT2D eigenvalue weighted by atomic mass is 79.9. The predicted molar refractivity (Wildman–Crippen MR) is 82.5 cm³/mol. The second kappa shape index (κ2) is 5.44. The summed E-state index contributed by atoms with van der Waals surface area (Å²) in [7, 11) is 2.02. The molecular weight excluding hydrogens is 316 g/mol. The predicted octanol–water partition coefficient (Wildman–Crippen LogP) is 3.59. The van der Waals surface area contributed by atoms with Crippen molar-refractivity contribution in [1.29, 1.82) is 0 Å². The zero-order chi connectivity index (χ0) is 14.1. The summed E-state index contributed by atoms with van der Waals surface area (Å²) in [5, 5.41) is 0. The lowest BCUT2D eigenvalue weighted by Gasteiger charge is -2.23. The molecule has 2 aromatic rings. The third kappa shape index (κ3) is 2.80. The molecule has 1 saturated carbocycles. The number of hydrogen-bond donors (Lipinski definition) is 0. The fourth-order valence-corrected chi connectivity index (χ4v) is 2.77. The molecule has 4 heteroatoms. The summed E-state index contributed by atoms with van der Waals surface area (Å²) in [5.41, 5.74) is 1.92. The van der Waals surface area contributed by atoms with E-state index in [4.69, 9.17) is 0 Å². The van der Waals surface area contributed by atoms with E-state index in [0.717, 1.165) is 22.9 Å². The molecule has 3 rings (SSSR count). The van der Waals surface area contributed by atoms with Crippen molar-refractivity contribution in [2.24, 2.45) is 7.05 Å². The molecule has 104 valence electrons. The molecule has 1 aromatic heterocycles. The van der Waals surface area contributed by atoms with Crippen LogP contribution in [-0.4, -0.2) is 21.4 Å². The van der Waals surface area contributed by atoms with E-state index >= 15 is 0 Å². The molecule has 0 atom stereocenters. The number of rotatable bonds is 4. The van der Waals surface area contributed by atoms with E-state index in [1.54, 1.807) is 0 Å². The molecule has 0 radical (unpaired) electrons. The molecule has 0 bridgehead atoms. The molecule has 1 fully saturated rings. The minimum atomic E-state index is 0.120. The van der Waals surface area contributed by atoms with Crippen molar-refractivity contribution in [3.05, 3.63) is 58.3 Å². The summed E-state index contributed by atoms with van der Waals surface area (Å²) >= 11 is 3.43. The Hall–Kier alpha value is -1.55. The Morgan fingerprint density at radius 3 is 2.75 bits per heavy atom. The van der Waals surface area contributed by atoms with E-state index in [9.17, 15) is 4.79 Å². The maximum absolute atomic E-state index is 12.7. The van der Waals surface area contributed by atoms with Gasteiger partial charge >= 0.3 is 0 Å². The molecule has 3 nitrogen and oxygen atoms in total. The number of halogens is 1. The second-order valence-electron chi connectivity index (χ2n) is 5.29. The van der Waals surface area contributed by atoms with Gasteiger partial charge in [-0.25, -0.2) is 0 Å². The highest BCUT2D eigenvalue weighted by molar-refractivity contribution is 9.10. The lowest BCUT2D eigenvalue weighted by Crippen LogP contribution is -2.33. The van der Waals surface area contributed by atoms with E-state index in [2.05, 4.69) is 26.6 Å². The molecule has 1 aliphatic carbocycles. The lowest BCUT2D eigenvalue weighted by molar-refractivity contribution is 0.0726. The Morgan fingerprint density at radius 1 is 1.35 bits per heavy atom. The quantitative estimate of drug-likeness (QED) is 0.839. The SMILES string of the molecule is Cn1cccc1CN(C(=O)c1cccc(Br)c1)C1CC1. The van der Waals surface area contributed by atoms with Crippen LogP contribution in [0.4, 0.5) is 0 Å². The summed E-state index contributed by atoms with van der Waals surface area (Å²) < 4.78 is 3.02. The van der Waals surface area contributed by atoms with Crippen molar-refractivity contribution in [2.75, 3.05) is 0 Å². The van der Waals surface area contributed by atoms with Gasteiger partial charge in [0.25, 0.3) is 5.91 Å². The number of aryl methyl sites for hydroxylation is 1. The zero-order valence-electron chi connectivity index (χ0n) is 11.4. The van der Waals surface area contributed by atoms with Crippen molar-refractivity contribution < 1.29 is 4.79 Å². The van der Waals surface area contributed by atoms with Gasteiger partial charge in [0.05, 0.1) is 6.54 Å². The number of carbonyl (C=O) groups is 1. The van der Waals surface area contributed by atoms with Gasteiger partial charge in [-0.1, -0.05) is 22.0 Å². The van der Waals surface area contributed by atoms with Gasteiger partial charge in [0.15, 0.2) is 0 Å². The fourth-order valence-electron chi connectivity index (χ4n) is 2.38. The second-order valence-corrected chi connectivity index (χ2v) is 6.20. The van der Waals surface area contributed by atoms with Gasteiger partial charge in [0, 0.05) is 35.0 Å². The van der Waals surface area contributed by atoms with Crippen molar-refractivity contribution >= 4 is 21.8 Å². The number of nitrogens with zero attached hydrogens (tertiary/aromatic N) is 2. The average Bonchev–Trinajstić information content (AvgIpc) is 3.19. The van der Waals surface area contributed by atoms with Gasteiger partial charge in [0.1, 0.15) is 0 Å². The topological polar surface area (TPSA) is 25.2 Å². The Balaban J connectivity index is 1.84. The molecule has 0 N–H and O–H groups in total. The van der Waals surface area contributed by atoms with Crippen LogP contribution >= 0.6 is 15.9 Å². The van der Waals surface area contributed by atoms with Gasteiger partial charge in [0.2, 0.25) is 0 Å². The van der Waals surface area contributed by atoms with Crippen LogP contribution in [-0.2, 0) is 13.6 Å². The molecule has 0 aliphatic heterocycles. The maximum atomic E-state index is 12.7. The first-order valence-electron chi connectivity index (χ1n) is 6.82. The van der Waals surface area contributed by atoms with E-state index < -0.39 is 0 Å². The smallest absolute Gasteiger partial charge is 0.254 e. The Bertz CT molecular complexity index is 631. The van der Waals surface area contributed by atoms with Crippen LogP contribution < -0.4 is 0 Å². The van der Waals surface area contributed by atoms with Crippen molar-refractivity contribution in [2.45, 2.75) is 25.4 Å².